The molecule has 1 spiro atoms. The van der Waals surface area contributed by atoms with E-state index in [4.69, 9.17) is 11.6 Å². The number of carbonyl (C=O) groups excluding carboxylic acids is 3. The van der Waals surface area contributed by atoms with Crippen molar-refractivity contribution in [2.45, 2.75) is 48.3 Å². The van der Waals surface area contributed by atoms with Crippen LogP contribution in [0.1, 0.15) is 36.9 Å². The molecule has 6 atom stereocenters. The molecule has 3 aromatic carbocycles. The minimum atomic E-state index is -0.922. The molecule has 3 aliphatic heterocycles. The van der Waals surface area contributed by atoms with E-state index in [1.807, 2.05) is 86.6 Å². The number of aliphatic hydroxyl groups is 1. The van der Waals surface area contributed by atoms with E-state index in [9.17, 15) is 19.5 Å². The number of aliphatic hydroxyl groups excluding tert-OH is 1. The number of carbonyl (C=O) groups is 3. The van der Waals surface area contributed by atoms with Crippen molar-refractivity contribution in [1.29, 1.82) is 0 Å². The second kappa shape index (κ2) is 10.5. The molecule has 7 nitrogen and oxygen atoms in total. The van der Waals surface area contributed by atoms with Crippen LogP contribution in [0.2, 0.25) is 5.02 Å². The fraction of sp³-hybridized carbons (Fsp3) is 0.344. The van der Waals surface area contributed by atoms with Gasteiger partial charge in [-0.05, 0) is 56.0 Å². The Labute approximate surface area is 248 Å². The van der Waals surface area contributed by atoms with Gasteiger partial charge < -0.3 is 20.6 Å². The first-order chi connectivity index (χ1) is 19.7. The summed E-state index contributed by atoms with van der Waals surface area (Å²) in [6.45, 7) is 3.53. The van der Waals surface area contributed by atoms with Crippen LogP contribution < -0.4 is 10.6 Å². The molecule has 3 aliphatic rings. The minimum Gasteiger partial charge on any atom is -0.394 e. The van der Waals surface area contributed by atoms with Gasteiger partial charge in [-0.2, -0.15) is 0 Å². The van der Waals surface area contributed by atoms with E-state index in [2.05, 4.69) is 10.6 Å². The molecule has 3 heterocycles. The lowest BCUT2D eigenvalue weighted by atomic mass is 9.66. The Hall–Kier alpha value is -3.33. The lowest BCUT2D eigenvalue weighted by Crippen LogP contribution is -2.52. The number of fused-ring (bicyclic) bond motifs is 1. The molecular formula is C32H32ClN3O4S. The van der Waals surface area contributed by atoms with Gasteiger partial charge in [0.25, 0.3) is 0 Å². The second-order valence-electron chi connectivity index (χ2n) is 11.4. The lowest BCUT2D eigenvalue weighted by Gasteiger charge is -2.37. The van der Waals surface area contributed by atoms with Crippen LogP contribution in [0.25, 0.3) is 0 Å². The summed E-state index contributed by atoms with van der Waals surface area (Å²) >= 11 is 8.08. The third-order valence-corrected chi connectivity index (χ3v) is 11.3. The molecule has 212 valence electrons. The third-order valence-electron chi connectivity index (χ3n) is 8.95. The highest BCUT2D eigenvalue weighted by molar-refractivity contribution is 8.02. The summed E-state index contributed by atoms with van der Waals surface area (Å²) < 4.78 is -1.36. The molecule has 3 saturated heterocycles. The van der Waals surface area contributed by atoms with Crippen LogP contribution >= 0.6 is 23.4 Å². The van der Waals surface area contributed by atoms with Crippen molar-refractivity contribution >= 4 is 52.5 Å². The zero-order valence-corrected chi connectivity index (χ0v) is 24.4. The molecule has 0 saturated carbocycles. The molecule has 3 aromatic rings. The standard InChI is InChI=1S/C32H32ClN3O4S/c1-19-10-9-15-22(33)26(19)35-29(39)27-32-17-16-31(2,41-32)24(28(38)34-21-13-7-4-8-14-21)25(32)30(40)36(27)23(18-37)20-11-5-3-6-12-20/h3-15,23-25,27,37H,16-18H2,1-2H3,(H,34,38)(H,35,39)/t23-,24+,25+,27?,31-,32?/m1/s1. The predicted octanol–water partition coefficient (Wildman–Crippen LogP) is 5.44. The number of benzene rings is 3. The van der Waals surface area contributed by atoms with Crippen molar-refractivity contribution in [2.24, 2.45) is 11.8 Å². The first-order valence-electron chi connectivity index (χ1n) is 13.8. The number of halogens is 1. The van der Waals surface area contributed by atoms with Gasteiger partial charge in [0.1, 0.15) is 6.04 Å². The lowest BCUT2D eigenvalue weighted by molar-refractivity contribution is -0.141. The van der Waals surface area contributed by atoms with Crippen LogP contribution in [-0.4, -0.2) is 49.9 Å². The van der Waals surface area contributed by atoms with Gasteiger partial charge in [0.05, 0.1) is 39.9 Å². The summed E-state index contributed by atoms with van der Waals surface area (Å²) in [5, 5.41) is 17.1. The Balaban J connectivity index is 1.44. The summed E-state index contributed by atoms with van der Waals surface area (Å²) in [4.78, 5) is 44.4. The number of nitrogens with zero attached hydrogens (tertiary/aromatic N) is 1. The average Bonchev–Trinajstić information content (AvgIpc) is 3.53. The topological polar surface area (TPSA) is 98.7 Å². The van der Waals surface area contributed by atoms with Gasteiger partial charge in [-0.1, -0.05) is 72.3 Å². The molecule has 2 unspecified atom stereocenters. The summed E-state index contributed by atoms with van der Waals surface area (Å²) in [5.41, 5.74) is 2.68. The van der Waals surface area contributed by atoms with Crippen molar-refractivity contribution < 1.29 is 19.5 Å². The Bertz CT molecular complexity index is 1490. The zero-order valence-electron chi connectivity index (χ0n) is 22.8. The molecule has 41 heavy (non-hydrogen) atoms. The molecule has 9 heteroatoms. The van der Waals surface area contributed by atoms with Crippen LogP contribution in [0.15, 0.2) is 78.9 Å². The fourth-order valence-electron chi connectivity index (χ4n) is 7.15. The van der Waals surface area contributed by atoms with Gasteiger partial charge in [-0.15, -0.1) is 11.8 Å². The Kier molecular flexibility index (Phi) is 7.12. The molecule has 3 amide bonds. The first-order valence-corrected chi connectivity index (χ1v) is 15.0. The number of nitrogens with one attached hydrogen (secondary N) is 2. The summed E-state index contributed by atoms with van der Waals surface area (Å²) in [6.07, 6.45) is 1.29. The normalized spacial score (nSPS) is 28.8. The number of para-hydroxylation sites is 2. The summed E-state index contributed by atoms with van der Waals surface area (Å²) in [7, 11) is 0. The molecule has 0 radical (unpaired) electrons. The maximum absolute atomic E-state index is 14.6. The monoisotopic (exact) mass is 589 g/mol. The van der Waals surface area contributed by atoms with Gasteiger partial charge in [-0.3, -0.25) is 14.4 Å². The number of thioether (sulfide) groups is 1. The molecule has 3 N–H and O–H groups in total. The minimum absolute atomic E-state index is 0.227. The maximum atomic E-state index is 14.6. The van der Waals surface area contributed by atoms with Crippen LogP contribution in [0, 0.1) is 18.8 Å². The summed E-state index contributed by atoms with van der Waals surface area (Å²) in [5.74, 6) is -2.25. The van der Waals surface area contributed by atoms with E-state index in [0.717, 1.165) is 11.1 Å². The molecule has 6 rings (SSSR count). The van der Waals surface area contributed by atoms with E-state index >= 15 is 0 Å². The molecule has 2 bridgehead atoms. The van der Waals surface area contributed by atoms with Crippen LogP contribution in [0.4, 0.5) is 11.4 Å². The SMILES string of the molecule is Cc1cccc(Cl)c1NC(=O)C1N([C@H](CO)c2ccccc2)C(=O)[C@@H]2[C@@H](C(=O)Nc3ccccc3)[C@@]3(C)CCC12S3. The Morgan fingerprint density at radius 3 is 2.34 bits per heavy atom. The third kappa shape index (κ3) is 4.44. The van der Waals surface area contributed by atoms with Crippen molar-refractivity contribution in [3.8, 4) is 0 Å². The van der Waals surface area contributed by atoms with Gasteiger partial charge in [0, 0.05) is 10.4 Å². The first kappa shape index (κ1) is 27.8. The van der Waals surface area contributed by atoms with Crippen LogP contribution in [-0.2, 0) is 14.4 Å². The van der Waals surface area contributed by atoms with E-state index in [1.165, 1.54) is 0 Å². The molecule has 0 aliphatic carbocycles. The van der Waals surface area contributed by atoms with E-state index in [1.54, 1.807) is 22.7 Å². The fourth-order valence-corrected chi connectivity index (χ4v) is 9.76. The van der Waals surface area contributed by atoms with Crippen LogP contribution in [0.5, 0.6) is 0 Å². The number of anilines is 2. The number of hydrogen-bond donors (Lipinski definition) is 3. The van der Waals surface area contributed by atoms with Gasteiger partial charge in [0.2, 0.25) is 17.7 Å². The number of hydrogen-bond acceptors (Lipinski definition) is 5. The van der Waals surface area contributed by atoms with E-state index < -0.39 is 33.4 Å². The van der Waals surface area contributed by atoms with Gasteiger partial charge in [-0.25, -0.2) is 0 Å². The Morgan fingerprint density at radius 1 is 1.00 bits per heavy atom. The summed E-state index contributed by atoms with van der Waals surface area (Å²) in [6, 6.07) is 22.2. The van der Waals surface area contributed by atoms with Crippen molar-refractivity contribution in [2.75, 3.05) is 17.2 Å². The number of likely N-dealkylation sites (tertiary alicyclic amines) is 1. The highest BCUT2D eigenvalue weighted by Gasteiger charge is 2.77. The molecule has 0 aromatic heterocycles. The van der Waals surface area contributed by atoms with Gasteiger partial charge >= 0.3 is 0 Å². The number of aryl methyl sites for hydroxylation is 1. The second-order valence-corrected chi connectivity index (χ2v) is 13.7. The highest BCUT2D eigenvalue weighted by Crippen LogP contribution is 2.72. The smallest absolute Gasteiger partial charge is 0.248 e. The van der Waals surface area contributed by atoms with Crippen molar-refractivity contribution in [3.63, 3.8) is 0 Å². The van der Waals surface area contributed by atoms with E-state index in [0.29, 0.717) is 29.2 Å². The predicted molar refractivity (Wildman–Crippen MR) is 162 cm³/mol. The largest absolute Gasteiger partial charge is 0.394 e. The molecular weight excluding hydrogens is 558 g/mol. The molecule has 3 fully saturated rings. The number of rotatable bonds is 7. The number of amides is 3. The quantitative estimate of drug-likeness (QED) is 0.341. The Morgan fingerprint density at radius 2 is 1.68 bits per heavy atom. The maximum Gasteiger partial charge on any atom is 0.248 e. The van der Waals surface area contributed by atoms with Crippen LogP contribution in [0.3, 0.4) is 0 Å². The zero-order chi connectivity index (χ0) is 28.9. The average molecular weight is 590 g/mol. The highest BCUT2D eigenvalue weighted by atomic mass is 35.5. The van der Waals surface area contributed by atoms with Crippen molar-refractivity contribution in [1.82, 2.24) is 4.90 Å². The van der Waals surface area contributed by atoms with Gasteiger partial charge in [0.15, 0.2) is 0 Å². The van der Waals surface area contributed by atoms with E-state index in [-0.39, 0.29) is 24.3 Å². The van der Waals surface area contributed by atoms with Crippen molar-refractivity contribution in [3.05, 3.63) is 95.0 Å².